The van der Waals surface area contributed by atoms with Crippen molar-refractivity contribution in [2.45, 2.75) is 52.6 Å². The van der Waals surface area contributed by atoms with Gasteiger partial charge in [0.25, 0.3) is 5.91 Å². The molecule has 1 amide bonds. The van der Waals surface area contributed by atoms with E-state index in [1.165, 1.54) is 0 Å². The minimum atomic E-state index is -0.817. The first-order chi connectivity index (χ1) is 12.3. The van der Waals surface area contributed by atoms with Gasteiger partial charge in [-0.25, -0.2) is 0 Å². The topological polar surface area (TPSA) is 82.8 Å². The minimum Gasteiger partial charge on any atom is -0.480 e. The number of nitrogens with one attached hydrogen (secondary N) is 1. The van der Waals surface area contributed by atoms with Gasteiger partial charge in [0, 0.05) is 23.0 Å². The number of likely N-dealkylation sites (N-methyl/N-ethyl adjacent to an activating group) is 1. The van der Waals surface area contributed by atoms with Gasteiger partial charge in [0.2, 0.25) is 0 Å². The van der Waals surface area contributed by atoms with Gasteiger partial charge in [0.15, 0.2) is 5.76 Å². The Bertz CT molecular complexity index is 849. The van der Waals surface area contributed by atoms with Crippen LogP contribution < -0.4 is 5.32 Å². The lowest BCUT2D eigenvalue weighted by Crippen LogP contribution is -2.54. The van der Waals surface area contributed by atoms with Gasteiger partial charge >= 0.3 is 5.97 Å². The molecule has 26 heavy (non-hydrogen) atoms. The fourth-order valence-corrected chi connectivity index (χ4v) is 3.82. The molecule has 0 radical (unpaired) electrons. The molecule has 0 spiro atoms. The number of fused-ring (bicyclic) bond motifs is 1. The maximum Gasteiger partial charge on any atom is 0.317 e. The molecule has 6 heteroatoms. The lowest BCUT2D eigenvalue weighted by molar-refractivity contribution is -0.139. The summed E-state index contributed by atoms with van der Waals surface area (Å²) in [7, 11) is 0. The summed E-state index contributed by atoms with van der Waals surface area (Å²) in [6, 6.07) is 4.31. The number of carboxylic acids is 1. The predicted octanol–water partition coefficient (Wildman–Crippen LogP) is 3.03. The Morgan fingerprint density at radius 3 is 2.46 bits per heavy atom. The number of benzene rings is 1. The van der Waals surface area contributed by atoms with Gasteiger partial charge in [-0.05, 0) is 51.3 Å². The molecule has 3 rings (SSSR count). The molecule has 140 valence electrons. The van der Waals surface area contributed by atoms with Crippen molar-refractivity contribution < 1.29 is 19.1 Å². The lowest BCUT2D eigenvalue weighted by Gasteiger charge is -2.42. The summed E-state index contributed by atoms with van der Waals surface area (Å²) >= 11 is 0. The number of furan rings is 1. The molecule has 1 aromatic carbocycles. The van der Waals surface area contributed by atoms with Gasteiger partial charge in [0.1, 0.15) is 5.58 Å². The summed E-state index contributed by atoms with van der Waals surface area (Å²) in [6.45, 7) is 8.61. The van der Waals surface area contributed by atoms with Crippen LogP contribution in [0.4, 0.5) is 0 Å². The summed E-state index contributed by atoms with van der Waals surface area (Å²) in [5.74, 6) is -0.635. The summed E-state index contributed by atoms with van der Waals surface area (Å²) < 4.78 is 5.89. The zero-order chi connectivity index (χ0) is 19.0. The van der Waals surface area contributed by atoms with E-state index in [4.69, 9.17) is 9.52 Å². The maximum absolute atomic E-state index is 12.7. The zero-order valence-corrected chi connectivity index (χ0v) is 15.8. The third kappa shape index (κ3) is 3.33. The quantitative estimate of drug-likeness (QED) is 0.829. The van der Waals surface area contributed by atoms with Gasteiger partial charge in [-0.15, -0.1) is 0 Å². The van der Waals surface area contributed by atoms with Crippen LogP contribution in [0.15, 0.2) is 16.5 Å². The van der Waals surface area contributed by atoms with Gasteiger partial charge in [-0.3, -0.25) is 14.5 Å². The summed E-state index contributed by atoms with van der Waals surface area (Å²) in [4.78, 5) is 25.5. The second-order valence-corrected chi connectivity index (χ2v) is 7.21. The van der Waals surface area contributed by atoms with Gasteiger partial charge < -0.3 is 14.8 Å². The third-order valence-electron chi connectivity index (χ3n) is 5.40. The van der Waals surface area contributed by atoms with Gasteiger partial charge in [-0.2, -0.15) is 0 Å². The fraction of sp³-hybridized carbons (Fsp3) is 0.500. The molecule has 1 heterocycles. The molecule has 2 aromatic rings. The number of hydrogen-bond acceptors (Lipinski definition) is 4. The van der Waals surface area contributed by atoms with Crippen molar-refractivity contribution in [3.63, 3.8) is 0 Å². The van der Waals surface area contributed by atoms with Crippen molar-refractivity contribution in [2.24, 2.45) is 0 Å². The van der Waals surface area contributed by atoms with E-state index < -0.39 is 5.97 Å². The number of carbonyl (C=O) groups is 2. The standard InChI is InChI=1S/C20H26N2O4/c1-5-22(10-16(23)24)15-8-14(9-15)21-20(25)19-13(4)17-11(2)6-7-12(3)18(17)26-19/h6-7,14-15H,5,8-10H2,1-4H3,(H,21,25)(H,23,24). The average Bonchev–Trinajstić information content (AvgIpc) is 2.90. The highest BCUT2D eigenvalue weighted by atomic mass is 16.4. The van der Waals surface area contributed by atoms with E-state index in [2.05, 4.69) is 5.32 Å². The number of amides is 1. The predicted molar refractivity (Wildman–Crippen MR) is 99.6 cm³/mol. The number of rotatable bonds is 6. The Hall–Kier alpha value is -2.34. The van der Waals surface area contributed by atoms with Crippen molar-refractivity contribution in [3.8, 4) is 0 Å². The average molecular weight is 358 g/mol. The van der Waals surface area contributed by atoms with Crippen LogP contribution >= 0.6 is 0 Å². The van der Waals surface area contributed by atoms with Crippen LogP contribution in [0, 0.1) is 20.8 Å². The van der Waals surface area contributed by atoms with Gasteiger partial charge in [0.05, 0.1) is 6.54 Å². The number of aliphatic carboxylic acids is 1. The highest BCUT2D eigenvalue weighted by molar-refractivity contribution is 6.00. The molecule has 0 saturated heterocycles. The molecule has 1 fully saturated rings. The van der Waals surface area contributed by atoms with Crippen LogP contribution in [0.5, 0.6) is 0 Å². The first-order valence-electron chi connectivity index (χ1n) is 9.07. The van der Waals surface area contributed by atoms with E-state index in [1.54, 1.807) is 0 Å². The molecular weight excluding hydrogens is 332 g/mol. The fourth-order valence-electron chi connectivity index (χ4n) is 3.82. The normalized spacial score (nSPS) is 19.6. The number of aryl methyl sites for hydroxylation is 3. The molecule has 1 saturated carbocycles. The van der Waals surface area contributed by atoms with E-state index in [0.717, 1.165) is 40.5 Å². The largest absolute Gasteiger partial charge is 0.480 e. The maximum atomic E-state index is 12.7. The van der Waals surface area contributed by atoms with Crippen molar-refractivity contribution in [3.05, 3.63) is 34.6 Å². The second-order valence-electron chi connectivity index (χ2n) is 7.21. The molecule has 0 atom stereocenters. The summed E-state index contributed by atoms with van der Waals surface area (Å²) in [6.07, 6.45) is 1.54. The molecule has 0 bridgehead atoms. The van der Waals surface area contributed by atoms with E-state index in [9.17, 15) is 9.59 Å². The number of carboxylic acid groups (broad SMARTS) is 1. The summed E-state index contributed by atoms with van der Waals surface area (Å²) in [5.41, 5.74) is 3.76. The highest BCUT2D eigenvalue weighted by Gasteiger charge is 2.35. The molecule has 1 aliphatic rings. The Labute approximate surface area is 153 Å². The molecular formula is C20H26N2O4. The Balaban J connectivity index is 1.68. The third-order valence-corrected chi connectivity index (χ3v) is 5.40. The Kier molecular flexibility index (Phi) is 5.05. The second kappa shape index (κ2) is 7.11. The Morgan fingerprint density at radius 1 is 1.23 bits per heavy atom. The number of nitrogens with zero attached hydrogens (tertiary/aromatic N) is 1. The summed E-state index contributed by atoms with van der Waals surface area (Å²) in [5, 5.41) is 13.0. The van der Waals surface area contributed by atoms with Crippen molar-refractivity contribution in [2.75, 3.05) is 13.1 Å². The Morgan fingerprint density at radius 2 is 1.88 bits per heavy atom. The minimum absolute atomic E-state index is 0.0447. The monoisotopic (exact) mass is 358 g/mol. The lowest BCUT2D eigenvalue weighted by atomic mass is 9.85. The van der Waals surface area contributed by atoms with Crippen LogP contribution in [0.25, 0.3) is 11.0 Å². The van der Waals surface area contributed by atoms with Crippen molar-refractivity contribution in [1.82, 2.24) is 10.2 Å². The zero-order valence-electron chi connectivity index (χ0n) is 15.8. The van der Waals surface area contributed by atoms with Crippen molar-refractivity contribution in [1.29, 1.82) is 0 Å². The molecule has 0 unspecified atom stereocenters. The molecule has 0 aliphatic heterocycles. The van der Waals surface area contributed by atoms with Crippen LogP contribution in [0.2, 0.25) is 0 Å². The first kappa shape index (κ1) is 18.5. The molecule has 6 nitrogen and oxygen atoms in total. The van der Waals surface area contributed by atoms with Crippen molar-refractivity contribution >= 4 is 22.8 Å². The van der Waals surface area contributed by atoms with Gasteiger partial charge in [-0.1, -0.05) is 19.1 Å². The van der Waals surface area contributed by atoms with E-state index in [-0.39, 0.29) is 24.5 Å². The van der Waals surface area contributed by atoms with E-state index >= 15 is 0 Å². The van der Waals surface area contributed by atoms with Crippen LogP contribution in [0.3, 0.4) is 0 Å². The van der Waals surface area contributed by atoms with E-state index in [1.807, 2.05) is 44.7 Å². The van der Waals surface area contributed by atoms with Crippen LogP contribution in [-0.2, 0) is 4.79 Å². The number of carbonyl (C=O) groups excluding carboxylic acids is 1. The number of hydrogen-bond donors (Lipinski definition) is 2. The molecule has 1 aliphatic carbocycles. The molecule has 1 aromatic heterocycles. The first-order valence-corrected chi connectivity index (χ1v) is 9.07. The van der Waals surface area contributed by atoms with E-state index in [0.29, 0.717) is 12.3 Å². The smallest absolute Gasteiger partial charge is 0.317 e. The SMILES string of the molecule is CCN(CC(=O)O)C1CC(NC(=O)c2oc3c(C)ccc(C)c3c2C)C1. The highest BCUT2D eigenvalue weighted by Crippen LogP contribution is 2.31. The molecule has 2 N–H and O–H groups in total. The van der Waals surface area contributed by atoms with Crippen LogP contribution in [0.1, 0.15) is 47.0 Å². The van der Waals surface area contributed by atoms with Crippen LogP contribution in [-0.4, -0.2) is 47.1 Å².